The number of nitrogens with one attached hydrogen (secondary N) is 7. The zero-order chi connectivity index (χ0) is 73.8. The fourth-order valence-corrected chi connectivity index (χ4v) is 18.8. The molecule has 4 saturated carbocycles. The molecule has 12 N–H and O–H groups in total. The highest BCUT2D eigenvalue weighted by molar-refractivity contribution is 7.51. The maximum atomic E-state index is 13.9. The number of unbranched alkanes of at least 4 members (excludes halogenated alkanes) is 2. The van der Waals surface area contributed by atoms with Gasteiger partial charge in [0.2, 0.25) is 17.7 Å². The first-order chi connectivity index (χ1) is 48.9. The van der Waals surface area contributed by atoms with E-state index in [0.29, 0.717) is 96.4 Å². The number of pyridine rings is 2. The number of thiazole rings is 1. The van der Waals surface area contributed by atoms with Crippen LogP contribution in [0.2, 0.25) is 0 Å². The monoisotopic (exact) mass is 1450 g/mol. The Morgan fingerprint density at radius 3 is 2.31 bits per heavy atom. The number of rotatable bonds is 33. The Bertz CT molecular complexity index is 4250. The van der Waals surface area contributed by atoms with Crippen LogP contribution in [-0.4, -0.2) is 163 Å². The van der Waals surface area contributed by atoms with Crippen LogP contribution in [0, 0.1) is 33.0 Å². The van der Waals surface area contributed by atoms with Crippen LogP contribution in [0.5, 0.6) is 0 Å². The second-order valence-electron chi connectivity index (χ2n) is 29.2. The van der Waals surface area contributed by atoms with Crippen molar-refractivity contribution in [2.24, 2.45) is 33.3 Å². The van der Waals surface area contributed by atoms with E-state index in [4.69, 9.17) is 25.6 Å². The summed E-state index contributed by atoms with van der Waals surface area (Å²) in [5.41, 5.74) is 8.72. The number of urea groups is 1. The lowest BCUT2D eigenvalue weighted by molar-refractivity contribution is -0.158. The van der Waals surface area contributed by atoms with Gasteiger partial charge in [0.1, 0.15) is 30.8 Å². The van der Waals surface area contributed by atoms with Gasteiger partial charge in [-0.3, -0.25) is 48.4 Å². The number of ether oxygens (including phenoxy) is 2. The van der Waals surface area contributed by atoms with Gasteiger partial charge >= 0.3 is 25.7 Å². The number of carbonyl (C=O) groups is 9. The van der Waals surface area contributed by atoms with Gasteiger partial charge < -0.3 is 67.0 Å². The van der Waals surface area contributed by atoms with Gasteiger partial charge in [-0.25, -0.2) is 24.4 Å². The Morgan fingerprint density at radius 1 is 0.845 bits per heavy atom. The van der Waals surface area contributed by atoms with E-state index in [-0.39, 0.29) is 109 Å². The molecule has 4 fully saturated rings. The number of anilines is 3. The first kappa shape index (κ1) is 74.7. The smallest absolute Gasteiger partial charge is 0.410 e. The number of nitrogens with zero attached hydrogens (tertiary/aromatic N) is 6. The zero-order valence-electron chi connectivity index (χ0n) is 58.3. The Kier molecular flexibility index (Phi) is 22.1. The van der Waals surface area contributed by atoms with Crippen molar-refractivity contribution in [1.29, 1.82) is 5.41 Å². The lowest BCUT2D eigenvalue weighted by Crippen LogP contribution is -2.57. The van der Waals surface area contributed by atoms with Gasteiger partial charge in [-0.2, -0.15) is 4.98 Å². The molecule has 103 heavy (non-hydrogen) atoms. The Hall–Kier alpha value is -9.48. The van der Waals surface area contributed by atoms with E-state index in [2.05, 4.69) is 55.7 Å². The van der Waals surface area contributed by atoms with Crippen molar-refractivity contribution in [1.82, 2.24) is 46.0 Å². The molecule has 3 bridgehead atoms. The minimum atomic E-state index is -4.82. The zero-order valence-corrected chi connectivity index (χ0v) is 60.0. The van der Waals surface area contributed by atoms with Gasteiger partial charge in [0.15, 0.2) is 16.5 Å². The Morgan fingerprint density at radius 2 is 1.60 bits per heavy atom. The number of aromatic nitrogens is 3. The van der Waals surface area contributed by atoms with E-state index in [1.54, 1.807) is 62.5 Å². The van der Waals surface area contributed by atoms with Crippen molar-refractivity contribution in [2.45, 2.75) is 149 Å². The van der Waals surface area contributed by atoms with Crippen LogP contribution < -0.4 is 42.5 Å². The standard InChI is InChI=1S/C72H89N14O15PS/c1-43(2)58(81-55(87)16-7-6-8-28-86-56(88)23-24-57(86)89)63(92)79-52(14-10-27-76-65(74)95)62(91)78-47-19-17-45(18-20-47)34-100-67(96)85(42-102(97,98)99)30-31-101-71-37-69(5)35-68(4)36-70(38-71,39-72(68,69)40-71)41-77-44(3)50(32-73)48-21-22-54(80-59(48)64(93)94)84-29-25-46-12-9-13-49(51(46)33-84)61(90)83-66-82-60-53(103-66)15-11-26-75-60/h9,11-13,15,17-24,26,32,43,52,58,73,77H,6-8,10,14,16,25,27-31,33-42H2,1-5H3,(H,78,91)(H,79,92)(H,81,87)(H,93,94)(H3,74,76,95)(H2,97,98,99)(H,75,82,83,90)/b50-44+,73-32?/t52-,58?,68?,69?,70?,71?,72?/m0/s1. The molecule has 5 aromatic rings. The predicted octanol–water partition coefficient (Wildman–Crippen LogP) is 7.98. The molecule has 31 heteroatoms. The van der Waals surface area contributed by atoms with Crippen molar-refractivity contribution in [3.8, 4) is 0 Å². The first-order valence-electron chi connectivity index (χ1n) is 34.7. The highest BCUT2D eigenvalue weighted by Gasteiger charge is 2.84. The van der Waals surface area contributed by atoms with Gasteiger partial charge in [-0.05, 0) is 164 Å². The topological polar surface area (TPSA) is 420 Å². The van der Waals surface area contributed by atoms with Crippen LogP contribution in [0.3, 0.4) is 0 Å². The molecule has 3 aromatic heterocycles. The number of imide groups is 1. The van der Waals surface area contributed by atoms with E-state index in [0.717, 1.165) is 63.9 Å². The summed E-state index contributed by atoms with van der Waals surface area (Å²) in [6.07, 6.45) is 10.7. The normalized spacial score (nSPS) is 22.9. The van der Waals surface area contributed by atoms with Gasteiger partial charge in [0.25, 0.3) is 17.7 Å². The summed E-state index contributed by atoms with van der Waals surface area (Å²) >= 11 is 1.33. The maximum Gasteiger partial charge on any atom is 0.410 e. The first-order valence-corrected chi connectivity index (χ1v) is 37.3. The number of amides is 9. The second kappa shape index (κ2) is 30.5. The van der Waals surface area contributed by atoms with E-state index >= 15 is 0 Å². The molecule has 4 aliphatic carbocycles. The molecule has 5 heterocycles. The number of carbonyl (C=O) groups excluding carboxylic acids is 8. The number of primary amides is 1. The molecule has 2 aromatic carbocycles. The quantitative estimate of drug-likeness (QED) is 0.00820. The second-order valence-corrected chi connectivity index (χ2v) is 31.8. The van der Waals surface area contributed by atoms with Crippen molar-refractivity contribution in [3.63, 3.8) is 0 Å². The molecule has 548 valence electrons. The number of nitrogens with two attached hydrogens (primary N) is 1. The highest BCUT2D eigenvalue weighted by Crippen LogP contribution is 2.89. The summed E-state index contributed by atoms with van der Waals surface area (Å²) in [5, 5.41) is 37.1. The van der Waals surface area contributed by atoms with E-state index in [1.807, 2.05) is 36.1 Å². The summed E-state index contributed by atoms with van der Waals surface area (Å²) in [6, 6.07) is 16.0. The van der Waals surface area contributed by atoms with Crippen LogP contribution >= 0.6 is 18.9 Å². The third kappa shape index (κ3) is 16.5. The molecular formula is C72H89N14O15PS. The number of carboxylic acids is 1. The number of benzene rings is 2. The molecule has 7 atom stereocenters. The Labute approximate surface area is 599 Å². The fraction of sp³-hybridized carbons (Fsp3) is 0.486. The maximum absolute atomic E-state index is 13.9. The number of allylic oxidation sites excluding steroid dienone is 2. The molecule has 0 radical (unpaired) electrons. The van der Waals surface area contributed by atoms with Gasteiger partial charge in [-0.15, -0.1) is 0 Å². The molecule has 6 unspecified atom stereocenters. The number of hydrogen-bond donors (Lipinski definition) is 11. The third-order valence-electron chi connectivity index (χ3n) is 21.5. The van der Waals surface area contributed by atoms with Crippen LogP contribution in [-0.2, 0) is 57.6 Å². The molecule has 2 aliphatic heterocycles. The minimum Gasteiger partial charge on any atom is -0.476 e. The number of aromatic carboxylic acids is 1. The molecule has 6 aliphatic rings. The van der Waals surface area contributed by atoms with Crippen molar-refractivity contribution in [2.75, 3.05) is 61.1 Å². The molecule has 0 saturated heterocycles. The molecule has 1 spiro atoms. The SMILES string of the molecule is C/C(NCC12CC3(OCCN(CP(=O)(O)O)C(=O)OCc4ccc(NC(=O)[C@H](CCCNC(N)=O)NC(=O)C(NC(=O)CCCCCN5C(=O)C=CC5=O)C(C)C)cc4)CC4(C)CC(C)(C1)C4(C2)C3)=C(/C=N)c1ccc(N2CCc3cccc(C(=O)Nc4nc5ncccc5s4)c3C2)nc1C(=O)O. The number of carboxylic acid groups (broad SMARTS) is 1. The van der Waals surface area contributed by atoms with Crippen LogP contribution in [0.25, 0.3) is 15.9 Å². The van der Waals surface area contributed by atoms with Crippen LogP contribution in [0.15, 0.2) is 90.8 Å². The van der Waals surface area contributed by atoms with E-state index < -0.39 is 67.4 Å². The van der Waals surface area contributed by atoms with Crippen LogP contribution in [0.4, 0.5) is 26.2 Å². The summed E-state index contributed by atoms with van der Waals surface area (Å²) in [5.74, 6) is -3.97. The lowest BCUT2D eigenvalue weighted by atomic mass is 9.40. The van der Waals surface area contributed by atoms with Gasteiger partial charge in [0, 0.05) is 98.3 Å². The lowest BCUT2D eigenvalue weighted by Gasteiger charge is -2.64. The minimum absolute atomic E-state index is 0.00625. The fourth-order valence-electron chi connectivity index (χ4n) is 17.3. The van der Waals surface area contributed by atoms with Gasteiger partial charge in [-0.1, -0.05) is 69.7 Å². The molecule has 11 rings (SSSR count). The number of hydrogen-bond acceptors (Lipinski definition) is 19. The van der Waals surface area contributed by atoms with Gasteiger partial charge in [0.05, 0.1) is 16.9 Å². The van der Waals surface area contributed by atoms with Crippen molar-refractivity contribution < 1.29 is 72.1 Å². The summed E-state index contributed by atoms with van der Waals surface area (Å²) in [4.78, 5) is 154. The predicted molar refractivity (Wildman–Crippen MR) is 383 cm³/mol. The van der Waals surface area contributed by atoms with Crippen LogP contribution in [0.1, 0.15) is 155 Å². The largest absolute Gasteiger partial charge is 0.476 e. The Balaban J connectivity index is 0.694. The summed E-state index contributed by atoms with van der Waals surface area (Å²) in [6.45, 7) is 11.0. The number of fused-ring (bicyclic) bond motifs is 4. The highest BCUT2D eigenvalue weighted by atomic mass is 32.1. The summed E-state index contributed by atoms with van der Waals surface area (Å²) < 4.78 is 26.0. The molecule has 9 amide bonds. The van der Waals surface area contributed by atoms with E-state index in [9.17, 15) is 62.6 Å². The van der Waals surface area contributed by atoms with Crippen molar-refractivity contribution in [3.05, 3.63) is 124 Å². The van der Waals surface area contributed by atoms with Crippen molar-refractivity contribution >= 4 is 111 Å². The average Bonchev–Trinajstić information content (AvgIpc) is 1.46. The summed E-state index contributed by atoms with van der Waals surface area (Å²) in [7, 11) is -4.82. The van der Waals surface area contributed by atoms with E-state index in [1.165, 1.54) is 23.5 Å². The molecule has 29 nitrogen and oxygen atoms in total. The molecular weight excluding hydrogens is 1360 g/mol. The third-order valence-corrected chi connectivity index (χ3v) is 23.1. The average molecular weight is 1450 g/mol.